The van der Waals surface area contributed by atoms with Gasteiger partial charge in [-0.05, 0) is 47.9 Å². The van der Waals surface area contributed by atoms with E-state index >= 15 is 0 Å². The van der Waals surface area contributed by atoms with E-state index in [1.807, 2.05) is 12.1 Å². The molecule has 4 N–H and O–H groups in total. The predicted molar refractivity (Wildman–Crippen MR) is 72.7 cm³/mol. The molecule has 0 aliphatic rings. The first-order valence-corrected chi connectivity index (χ1v) is 6.20. The molecule has 0 aliphatic heterocycles. The summed E-state index contributed by atoms with van der Waals surface area (Å²) >= 11 is 0. The molecule has 1 aromatic rings. The molecule has 0 saturated heterocycles. The number of rotatable bonds is 4. The van der Waals surface area contributed by atoms with E-state index in [2.05, 4.69) is 27.7 Å². The SMILES string of the molecule is CCC(C)c1c(N)ccc(N)c1C(C)CC. The smallest absolute Gasteiger partial charge is 0.0353 e. The second-order valence-electron chi connectivity index (χ2n) is 4.69. The van der Waals surface area contributed by atoms with E-state index in [-0.39, 0.29) is 0 Å². The highest BCUT2D eigenvalue weighted by Gasteiger charge is 2.18. The lowest BCUT2D eigenvalue weighted by Crippen LogP contribution is -2.09. The van der Waals surface area contributed by atoms with Gasteiger partial charge in [-0.1, -0.05) is 27.7 Å². The molecule has 0 saturated carbocycles. The number of nitrogen functional groups attached to an aromatic ring is 2. The van der Waals surface area contributed by atoms with Crippen LogP contribution in [0.1, 0.15) is 63.5 Å². The van der Waals surface area contributed by atoms with Gasteiger partial charge in [0, 0.05) is 11.4 Å². The van der Waals surface area contributed by atoms with Gasteiger partial charge in [0.1, 0.15) is 0 Å². The number of benzene rings is 1. The number of anilines is 2. The summed E-state index contributed by atoms with van der Waals surface area (Å²) in [7, 11) is 0. The fourth-order valence-electron chi connectivity index (χ4n) is 2.18. The zero-order chi connectivity index (χ0) is 12.3. The Labute approximate surface area is 99.0 Å². The summed E-state index contributed by atoms with van der Waals surface area (Å²) in [4.78, 5) is 0. The topological polar surface area (TPSA) is 52.0 Å². The number of hydrogen-bond acceptors (Lipinski definition) is 2. The summed E-state index contributed by atoms with van der Waals surface area (Å²) in [5.41, 5.74) is 16.5. The van der Waals surface area contributed by atoms with E-state index in [0.29, 0.717) is 11.8 Å². The molecule has 2 nitrogen and oxygen atoms in total. The predicted octanol–water partition coefficient (Wildman–Crippen LogP) is 3.88. The molecule has 1 rings (SSSR count). The van der Waals surface area contributed by atoms with Crippen LogP contribution in [0, 0.1) is 0 Å². The molecule has 90 valence electrons. The molecule has 0 fully saturated rings. The normalized spacial score (nSPS) is 14.8. The van der Waals surface area contributed by atoms with Crippen LogP contribution in [0.3, 0.4) is 0 Å². The summed E-state index contributed by atoms with van der Waals surface area (Å²) in [5.74, 6) is 0.958. The summed E-state index contributed by atoms with van der Waals surface area (Å²) in [6.45, 7) is 8.81. The standard InChI is InChI=1S/C14H24N2/c1-5-9(3)13-11(15)7-8-12(16)14(13)10(4)6-2/h7-10H,5-6,15-16H2,1-4H3. The highest BCUT2D eigenvalue weighted by atomic mass is 14.6. The van der Waals surface area contributed by atoms with Gasteiger partial charge in [-0.25, -0.2) is 0 Å². The molecule has 0 heterocycles. The number of nitrogens with two attached hydrogens (primary N) is 2. The molecule has 16 heavy (non-hydrogen) atoms. The van der Waals surface area contributed by atoms with E-state index in [0.717, 1.165) is 24.2 Å². The van der Waals surface area contributed by atoms with Crippen molar-refractivity contribution in [1.82, 2.24) is 0 Å². The van der Waals surface area contributed by atoms with Crippen molar-refractivity contribution in [1.29, 1.82) is 0 Å². The number of hydrogen-bond donors (Lipinski definition) is 2. The van der Waals surface area contributed by atoms with Crippen LogP contribution in [0.15, 0.2) is 12.1 Å². The maximum Gasteiger partial charge on any atom is 0.0353 e. The van der Waals surface area contributed by atoms with Crippen LogP contribution < -0.4 is 11.5 Å². The van der Waals surface area contributed by atoms with Gasteiger partial charge in [-0.3, -0.25) is 0 Å². The van der Waals surface area contributed by atoms with Gasteiger partial charge in [0.05, 0.1) is 0 Å². The summed E-state index contributed by atoms with van der Waals surface area (Å²) in [5, 5.41) is 0. The van der Waals surface area contributed by atoms with Crippen molar-refractivity contribution in [2.45, 2.75) is 52.4 Å². The van der Waals surface area contributed by atoms with Crippen molar-refractivity contribution in [3.8, 4) is 0 Å². The van der Waals surface area contributed by atoms with E-state index in [1.165, 1.54) is 11.1 Å². The molecule has 2 atom stereocenters. The fraction of sp³-hybridized carbons (Fsp3) is 0.571. The summed E-state index contributed by atoms with van der Waals surface area (Å²) in [6, 6.07) is 3.87. The minimum atomic E-state index is 0.479. The van der Waals surface area contributed by atoms with Gasteiger partial charge in [0.25, 0.3) is 0 Å². The second-order valence-corrected chi connectivity index (χ2v) is 4.69. The minimum absolute atomic E-state index is 0.479. The lowest BCUT2D eigenvalue weighted by molar-refractivity contribution is 0.680. The summed E-state index contributed by atoms with van der Waals surface area (Å²) < 4.78 is 0. The molecule has 0 bridgehead atoms. The Morgan fingerprint density at radius 1 is 0.875 bits per heavy atom. The zero-order valence-corrected chi connectivity index (χ0v) is 10.9. The third-order valence-electron chi connectivity index (χ3n) is 3.56. The van der Waals surface area contributed by atoms with Crippen molar-refractivity contribution >= 4 is 11.4 Å². The quantitative estimate of drug-likeness (QED) is 0.757. The lowest BCUT2D eigenvalue weighted by Gasteiger charge is -2.23. The third kappa shape index (κ3) is 2.31. The van der Waals surface area contributed by atoms with E-state index < -0.39 is 0 Å². The van der Waals surface area contributed by atoms with Crippen molar-refractivity contribution in [2.75, 3.05) is 11.5 Å². The van der Waals surface area contributed by atoms with E-state index in [4.69, 9.17) is 11.5 Å². The molecule has 1 aromatic carbocycles. The van der Waals surface area contributed by atoms with Crippen LogP contribution in [0.2, 0.25) is 0 Å². The zero-order valence-electron chi connectivity index (χ0n) is 10.9. The van der Waals surface area contributed by atoms with Crippen molar-refractivity contribution in [3.63, 3.8) is 0 Å². The summed E-state index contributed by atoms with van der Waals surface area (Å²) in [6.07, 6.45) is 2.19. The Balaban J connectivity index is 3.36. The Bertz CT molecular complexity index is 323. The maximum absolute atomic E-state index is 6.10. The van der Waals surface area contributed by atoms with Crippen LogP contribution in [0.4, 0.5) is 11.4 Å². The van der Waals surface area contributed by atoms with E-state index in [9.17, 15) is 0 Å². The fourth-order valence-corrected chi connectivity index (χ4v) is 2.18. The molecule has 2 heteroatoms. The molecule has 0 radical (unpaired) electrons. The van der Waals surface area contributed by atoms with Crippen LogP contribution in [0.5, 0.6) is 0 Å². The van der Waals surface area contributed by atoms with Gasteiger partial charge in [-0.2, -0.15) is 0 Å². The molecule has 0 amide bonds. The van der Waals surface area contributed by atoms with Crippen molar-refractivity contribution in [3.05, 3.63) is 23.3 Å². The molecular formula is C14H24N2. The molecular weight excluding hydrogens is 196 g/mol. The van der Waals surface area contributed by atoms with Crippen LogP contribution in [-0.4, -0.2) is 0 Å². The first kappa shape index (κ1) is 12.9. The Hall–Kier alpha value is -1.18. The highest BCUT2D eigenvalue weighted by Crippen LogP contribution is 2.37. The second kappa shape index (κ2) is 5.24. The molecule has 0 aliphatic carbocycles. The van der Waals surface area contributed by atoms with E-state index in [1.54, 1.807) is 0 Å². The monoisotopic (exact) mass is 220 g/mol. The Morgan fingerprint density at radius 2 is 1.19 bits per heavy atom. The van der Waals surface area contributed by atoms with Gasteiger partial charge in [-0.15, -0.1) is 0 Å². The molecule has 0 spiro atoms. The Morgan fingerprint density at radius 3 is 1.44 bits per heavy atom. The Kier molecular flexibility index (Phi) is 4.22. The van der Waals surface area contributed by atoms with Crippen LogP contribution in [0.25, 0.3) is 0 Å². The van der Waals surface area contributed by atoms with Crippen LogP contribution >= 0.6 is 0 Å². The minimum Gasteiger partial charge on any atom is -0.398 e. The maximum atomic E-state index is 6.10. The average molecular weight is 220 g/mol. The lowest BCUT2D eigenvalue weighted by atomic mass is 9.84. The van der Waals surface area contributed by atoms with Crippen molar-refractivity contribution < 1.29 is 0 Å². The third-order valence-corrected chi connectivity index (χ3v) is 3.56. The molecule has 2 unspecified atom stereocenters. The largest absolute Gasteiger partial charge is 0.398 e. The first-order chi connectivity index (χ1) is 7.52. The highest BCUT2D eigenvalue weighted by molar-refractivity contribution is 5.64. The average Bonchev–Trinajstić information content (AvgIpc) is 2.29. The van der Waals surface area contributed by atoms with Gasteiger partial charge >= 0.3 is 0 Å². The van der Waals surface area contributed by atoms with Gasteiger partial charge in [0.2, 0.25) is 0 Å². The van der Waals surface area contributed by atoms with Gasteiger partial charge < -0.3 is 11.5 Å². The van der Waals surface area contributed by atoms with Crippen LogP contribution in [-0.2, 0) is 0 Å². The van der Waals surface area contributed by atoms with Gasteiger partial charge in [0.15, 0.2) is 0 Å². The first-order valence-electron chi connectivity index (χ1n) is 6.20. The van der Waals surface area contributed by atoms with Crippen molar-refractivity contribution in [2.24, 2.45) is 0 Å². The molecule has 0 aromatic heterocycles.